The van der Waals surface area contributed by atoms with E-state index in [0.29, 0.717) is 12.3 Å². The Morgan fingerprint density at radius 2 is 2.15 bits per heavy atom. The number of aromatic amines is 1. The van der Waals surface area contributed by atoms with E-state index in [9.17, 15) is 4.79 Å². The van der Waals surface area contributed by atoms with E-state index in [2.05, 4.69) is 41.9 Å². The highest BCUT2D eigenvalue weighted by Crippen LogP contribution is 2.44. The van der Waals surface area contributed by atoms with Crippen LogP contribution in [0.1, 0.15) is 43.0 Å². The van der Waals surface area contributed by atoms with Crippen LogP contribution in [0.25, 0.3) is 10.9 Å². The van der Waals surface area contributed by atoms with Crippen molar-refractivity contribution in [1.29, 1.82) is 0 Å². The summed E-state index contributed by atoms with van der Waals surface area (Å²) >= 11 is 0. The van der Waals surface area contributed by atoms with Crippen LogP contribution in [0.15, 0.2) is 18.2 Å². The van der Waals surface area contributed by atoms with E-state index in [1.807, 2.05) is 0 Å². The molecule has 1 aromatic carbocycles. The zero-order valence-electron chi connectivity index (χ0n) is 12.1. The average Bonchev–Trinajstić information content (AvgIpc) is 2.78. The van der Waals surface area contributed by atoms with Gasteiger partial charge < -0.3 is 9.88 Å². The second-order valence-corrected chi connectivity index (χ2v) is 6.45. The quantitative estimate of drug-likeness (QED) is 0.782. The van der Waals surface area contributed by atoms with E-state index in [1.54, 1.807) is 0 Å². The van der Waals surface area contributed by atoms with E-state index < -0.39 is 0 Å². The first-order valence-electron chi connectivity index (χ1n) is 7.52. The summed E-state index contributed by atoms with van der Waals surface area (Å²) < 4.78 is 0. The van der Waals surface area contributed by atoms with Crippen molar-refractivity contribution >= 4 is 16.8 Å². The molecule has 1 saturated heterocycles. The predicted molar refractivity (Wildman–Crippen MR) is 79.7 cm³/mol. The van der Waals surface area contributed by atoms with Gasteiger partial charge in [0.05, 0.1) is 5.54 Å². The number of H-pyrrole nitrogens is 1. The van der Waals surface area contributed by atoms with Crippen LogP contribution in [0.2, 0.25) is 0 Å². The molecular formula is C17H20N2O. The molecule has 3 heterocycles. The van der Waals surface area contributed by atoms with Crippen LogP contribution >= 0.6 is 0 Å². The molecule has 1 fully saturated rings. The molecule has 20 heavy (non-hydrogen) atoms. The van der Waals surface area contributed by atoms with Gasteiger partial charge in [-0.05, 0) is 50.8 Å². The number of rotatable bonds is 0. The van der Waals surface area contributed by atoms with Gasteiger partial charge in [0.1, 0.15) is 0 Å². The van der Waals surface area contributed by atoms with Crippen molar-refractivity contribution in [2.75, 3.05) is 6.54 Å². The maximum Gasteiger partial charge on any atom is 0.223 e. The predicted octanol–water partition coefficient (Wildman–Crippen LogP) is 3.26. The van der Waals surface area contributed by atoms with E-state index >= 15 is 0 Å². The molecular weight excluding hydrogens is 248 g/mol. The molecule has 0 radical (unpaired) electrons. The molecule has 2 aliphatic rings. The fourth-order valence-electron chi connectivity index (χ4n) is 4.06. The van der Waals surface area contributed by atoms with Crippen molar-refractivity contribution in [2.24, 2.45) is 0 Å². The van der Waals surface area contributed by atoms with E-state index in [1.165, 1.54) is 27.7 Å². The Morgan fingerprint density at radius 1 is 1.30 bits per heavy atom. The number of nitrogens with one attached hydrogen (secondary N) is 1. The number of aromatic nitrogens is 1. The molecule has 0 bridgehead atoms. The summed E-state index contributed by atoms with van der Waals surface area (Å²) in [4.78, 5) is 17.9. The number of aryl methyl sites for hydroxylation is 1. The largest absolute Gasteiger partial charge is 0.356 e. The molecule has 0 unspecified atom stereocenters. The standard InChI is InChI=1S/C17H20N2O/c1-11-5-6-14-13(10-11)12-7-9-19-15(20)4-3-8-17(19,2)16(12)18-14/h5-6,10,18H,3-4,7-9H2,1-2H3/t17-/m1/s1. The fraction of sp³-hybridized carbons (Fsp3) is 0.471. The number of nitrogens with zero attached hydrogens (tertiary/aromatic N) is 1. The summed E-state index contributed by atoms with van der Waals surface area (Å²) in [5, 5.41) is 1.35. The molecule has 1 N–H and O–H groups in total. The van der Waals surface area contributed by atoms with Gasteiger partial charge in [-0.25, -0.2) is 0 Å². The van der Waals surface area contributed by atoms with Crippen LogP contribution in [0.3, 0.4) is 0 Å². The molecule has 3 nitrogen and oxygen atoms in total. The minimum absolute atomic E-state index is 0.129. The van der Waals surface area contributed by atoms with Gasteiger partial charge in [-0.1, -0.05) is 11.6 Å². The van der Waals surface area contributed by atoms with Gasteiger partial charge in [0.2, 0.25) is 5.91 Å². The Morgan fingerprint density at radius 3 is 3.00 bits per heavy atom. The molecule has 1 atom stereocenters. The molecule has 4 rings (SSSR count). The van der Waals surface area contributed by atoms with E-state index in [4.69, 9.17) is 0 Å². The first-order valence-corrected chi connectivity index (χ1v) is 7.52. The van der Waals surface area contributed by atoms with Gasteiger partial charge in [-0.15, -0.1) is 0 Å². The second-order valence-electron chi connectivity index (χ2n) is 6.45. The maximum absolute atomic E-state index is 12.2. The average molecular weight is 268 g/mol. The van der Waals surface area contributed by atoms with Crippen molar-refractivity contribution in [3.05, 3.63) is 35.0 Å². The lowest BCUT2D eigenvalue weighted by molar-refractivity contribution is -0.142. The van der Waals surface area contributed by atoms with Gasteiger partial charge >= 0.3 is 0 Å². The molecule has 0 aliphatic carbocycles. The van der Waals surface area contributed by atoms with E-state index in [0.717, 1.165) is 25.8 Å². The smallest absolute Gasteiger partial charge is 0.223 e. The van der Waals surface area contributed by atoms with Crippen LogP contribution in [0, 0.1) is 6.92 Å². The number of hydrogen-bond donors (Lipinski definition) is 1. The van der Waals surface area contributed by atoms with Crippen LogP contribution in [0.4, 0.5) is 0 Å². The SMILES string of the molecule is Cc1ccc2[nH]c3c(c2c1)CCN1C(=O)CCC[C@]31C. The third kappa shape index (κ3) is 1.43. The first-order chi connectivity index (χ1) is 9.59. The normalized spacial score (nSPS) is 25.7. The summed E-state index contributed by atoms with van der Waals surface area (Å²) in [5.41, 5.74) is 5.08. The zero-order valence-corrected chi connectivity index (χ0v) is 12.1. The molecule has 3 heteroatoms. The van der Waals surface area contributed by atoms with Crippen LogP contribution < -0.4 is 0 Å². The lowest BCUT2D eigenvalue weighted by atomic mass is 9.79. The highest BCUT2D eigenvalue weighted by molar-refractivity contribution is 5.87. The second kappa shape index (κ2) is 3.87. The summed E-state index contributed by atoms with van der Waals surface area (Å²) in [6, 6.07) is 6.59. The topological polar surface area (TPSA) is 36.1 Å². The lowest BCUT2D eigenvalue weighted by Gasteiger charge is -2.47. The maximum atomic E-state index is 12.2. The number of benzene rings is 1. The van der Waals surface area contributed by atoms with Gasteiger partial charge in [-0.3, -0.25) is 4.79 Å². The minimum Gasteiger partial charge on any atom is -0.356 e. The summed E-state index contributed by atoms with van der Waals surface area (Å²) in [7, 11) is 0. The number of carbonyl (C=O) groups is 1. The Balaban J connectivity index is 1.96. The van der Waals surface area contributed by atoms with Crippen molar-refractivity contribution in [2.45, 2.75) is 45.1 Å². The Kier molecular flexibility index (Phi) is 2.33. The molecule has 2 aliphatic heterocycles. The van der Waals surface area contributed by atoms with Crippen LogP contribution in [0.5, 0.6) is 0 Å². The number of hydrogen-bond acceptors (Lipinski definition) is 1. The highest BCUT2D eigenvalue weighted by Gasteiger charge is 2.44. The molecule has 0 spiro atoms. The molecule has 2 aromatic rings. The molecule has 104 valence electrons. The van der Waals surface area contributed by atoms with Crippen molar-refractivity contribution in [3.63, 3.8) is 0 Å². The minimum atomic E-state index is -0.129. The van der Waals surface area contributed by atoms with Crippen molar-refractivity contribution in [1.82, 2.24) is 9.88 Å². The Bertz CT molecular complexity index is 715. The third-order valence-electron chi connectivity index (χ3n) is 5.14. The van der Waals surface area contributed by atoms with Crippen LogP contribution in [-0.4, -0.2) is 22.3 Å². The zero-order chi connectivity index (χ0) is 13.9. The number of carbonyl (C=O) groups excluding carboxylic acids is 1. The van der Waals surface area contributed by atoms with Crippen molar-refractivity contribution < 1.29 is 4.79 Å². The first kappa shape index (κ1) is 12.0. The van der Waals surface area contributed by atoms with Gasteiger partial charge in [-0.2, -0.15) is 0 Å². The molecule has 0 saturated carbocycles. The third-order valence-corrected chi connectivity index (χ3v) is 5.14. The van der Waals surface area contributed by atoms with Gasteiger partial charge in [0.25, 0.3) is 0 Å². The van der Waals surface area contributed by atoms with Gasteiger partial charge in [0, 0.05) is 29.6 Å². The summed E-state index contributed by atoms with van der Waals surface area (Å²) in [6.07, 6.45) is 3.75. The van der Waals surface area contributed by atoms with Crippen LogP contribution in [-0.2, 0) is 16.8 Å². The van der Waals surface area contributed by atoms with Gasteiger partial charge in [0.15, 0.2) is 0 Å². The van der Waals surface area contributed by atoms with Crippen molar-refractivity contribution in [3.8, 4) is 0 Å². The highest BCUT2D eigenvalue weighted by atomic mass is 16.2. The molecule has 1 aromatic heterocycles. The Hall–Kier alpha value is -1.77. The summed E-state index contributed by atoms with van der Waals surface area (Å²) in [6.45, 7) is 5.23. The fourth-order valence-corrected chi connectivity index (χ4v) is 4.06. The Labute approximate surface area is 119 Å². The number of piperidine rings is 1. The monoisotopic (exact) mass is 268 g/mol. The molecule has 1 amide bonds. The number of amides is 1. The lowest BCUT2D eigenvalue weighted by Crippen LogP contribution is -2.54. The summed E-state index contributed by atoms with van der Waals surface area (Å²) in [5.74, 6) is 0.319. The number of fused-ring (bicyclic) bond motifs is 5. The van der Waals surface area contributed by atoms with E-state index in [-0.39, 0.29) is 5.54 Å².